The second-order valence-electron chi connectivity index (χ2n) is 3.91. The summed E-state index contributed by atoms with van der Waals surface area (Å²) in [5.41, 5.74) is 15.9. The first-order valence-electron chi connectivity index (χ1n) is 5.61. The van der Waals surface area contributed by atoms with Crippen LogP contribution in [-0.2, 0) is 9.59 Å². The number of hydrogen-bond donors (Lipinski definition) is 5. The van der Waals surface area contributed by atoms with E-state index >= 15 is 0 Å². The van der Waals surface area contributed by atoms with E-state index < -0.39 is 24.6 Å². The molecule has 0 saturated heterocycles. The van der Waals surface area contributed by atoms with Crippen molar-refractivity contribution < 1.29 is 14.7 Å². The van der Waals surface area contributed by atoms with Crippen LogP contribution in [0.15, 0.2) is 4.99 Å². The lowest BCUT2D eigenvalue weighted by Gasteiger charge is -2.16. The number of carbonyl (C=O) groups excluding carboxylic acids is 2. The summed E-state index contributed by atoms with van der Waals surface area (Å²) in [6, 6.07) is -1.66. The van der Waals surface area contributed by atoms with Crippen LogP contribution < -0.4 is 22.5 Å². The molecule has 2 unspecified atom stereocenters. The molecule has 8 nitrogen and oxygen atoms in total. The van der Waals surface area contributed by atoms with Crippen LogP contribution in [0.2, 0.25) is 0 Å². The van der Waals surface area contributed by atoms with E-state index in [0.717, 1.165) is 0 Å². The molecule has 0 aliphatic rings. The average Bonchev–Trinajstić information content (AvgIpc) is 2.30. The Hall–Kier alpha value is -1.67. The summed E-state index contributed by atoms with van der Waals surface area (Å²) < 4.78 is 0. The number of nitrogens with one attached hydrogen (secondary N) is 1. The number of hydrogen-bond acceptors (Lipinski definition) is 5. The molecule has 8 heteroatoms. The number of guanidine groups is 1. The van der Waals surface area contributed by atoms with E-state index in [1.165, 1.54) is 6.92 Å². The Morgan fingerprint density at radius 3 is 2.44 bits per heavy atom. The SMILES string of the molecule is CC(=O)C(CO)NC(=O)C(N)CCCN=C(N)N. The highest BCUT2D eigenvalue weighted by atomic mass is 16.3. The summed E-state index contributed by atoms with van der Waals surface area (Å²) in [5.74, 6) is -0.808. The molecule has 18 heavy (non-hydrogen) atoms. The van der Waals surface area contributed by atoms with Gasteiger partial charge in [-0.1, -0.05) is 0 Å². The van der Waals surface area contributed by atoms with Crippen molar-refractivity contribution in [1.82, 2.24) is 5.32 Å². The highest BCUT2D eigenvalue weighted by molar-refractivity contribution is 5.89. The second kappa shape index (κ2) is 8.43. The normalized spacial score (nSPS) is 13.5. The minimum atomic E-state index is -0.902. The predicted molar refractivity (Wildman–Crippen MR) is 67.6 cm³/mol. The number of Topliss-reactive ketones (excluding diaryl/α,β-unsaturated/α-hetero) is 1. The summed E-state index contributed by atoms with van der Waals surface area (Å²) in [6.07, 6.45) is 0.940. The lowest BCUT2D eigenvalue weighted by molar-refractivity contribution is -0.128. The Kier molecular flexibility index (Phi) is 7.64. The Labute approximate surface area is 106 Å². The monoisotopic (exact) mass is 259 g/mol. The lowest BCUT2D eigenvalue weighted by atomic mass is 10.1. The van der Waals surface area contributed by atoms with Crippen molar-refractivity contribution in [3.8, 4) is 0 Å². The fourth-order valence-electron chi connectivity index (χ4n) is 1.21. The van der Waals surface area contributed by atoms with Crippen molar-refractivity contribution in [2.24, 2.45) is 22.2 Å². The van der Waals surface area contributed by atoms with Crippen LogP contribution in [0.25, 0.3) is 0 Å². The number of aliphatic hydroxyl groups is 1. The Bertz CT molecular complexity index is 315. The smallest absolute Gasteiger partial charge is 0.237 e. The molecule has 0 aromatic carbocycles. The van der Waals surface area contributed by atoms with Crippen LogP contribution in [-0.4, -0.2) is 48.0 Å². The number of nitrogens with zero attached hydrogens (tertiary/aromatic N) is 1. The van der Waals surface area contributed by atoms with Crippen molar-refractivity contribution in [1.29, 1.82) is 0 Å². The maximum absolute atomic E-state index is 11.6. The summed E-state index contributed by atoms with van der Waals surface area (Å²) in [7, 11) is 0. The topological polar surface area (TPSA) is 157 Å². The minimum Gasteiger partial charge on any atom is -0.394 e. The molecule has 1 amide bonds. The lowest BCUT2D eigenvalue weighted by Crippen LogP contribution is -2.49. The first kappa shape index (κ1) is 16.3. The van der Waals surface area contributed by atoms with Crippen molar-refractivity contribution >= 4 is 17.6 Å². The zero-order valence-electron chi connectivity index (χ0n) is 10.4. The van der Waals surface area contributed by atoms with Crippen LogP contribution in [0.3, 0.4) is 0 Å². The maximum atomic E-state index is 11.6. The van der Waals surface area contributed by atoms with Crippen LogP contribution in [0.4, 0.5) is 0 Å². The van der Waals surface area contributed by atoms with Gasteiger partial charge in [0.1, 0.15) is 6.04 Å². The van der Waals surface area contributed by atoms with E-state index in [9.17, 15) is 9.59 Å². The molecule has 2 atom stereocenters. The van der Waals surface area contributed by atoms with Gasteiger partial charge in [0.15, 0.2) is 11.7 Å². The van der Waals surface area contributed by atoms with E-state index in [4.69, 9.17) is 22.3 Å². The van der Waals surface area contributed by atoms with Crippen molar-refractivity contribution in [2.75, 3.05) is 13.2 Å². The van der Waals surface area contributed by atoms with E-state index in [2.05, 4.69) is 10.3 Å². The summed E-state index contributed by atoms with van der Waals surface area (Å²) >= 11 is 0. The van der Waals surface area contributed by atoms with Crippen LogP contribution >= 0.6 is 0 Å². The first-order chi connectivity index (χ1) is 8.38. The molecule has 104 valence electrons. The van der Waals surface area contributed by atoms with Crippen LogP contribution in [0.5, 0.6) is 0 Å². The Morgan fingerprint density at radius 1 is 1.39 bits per heavy atom. The van der Waals surface area contributed by atoms with E-state index in [1.807, 2.05) is 0 Å². The number of ketones is 1. The molecule has 0 rings (SSSR count). The van der Waals surface area contributed by atoms with E-state index in [0.29, 0.717) is 19.4 Å². The highest BCUT2D eigenvalue weighted by Crippen LogP contribution is 1.96. The third-order valence-electron chi connectivity index (χ3n) is 2.29. The number of aliphatic hydroxyl groups excluding tert-OH is 1. The average molecular weight is 259 g/mol. The predicted octanol–water partition coefficient (Wildman–Crippen LogP) is -2.57. The van der Waals surface area contributed by atoms with Crippen LogP contribution in [0, 0.1) is 0 Å². The summed E-state index contributed by atoms with van der Waals surface area (Å²) in [4.78, 5) is 26.3. The zero-order valence-corrected chi connectivity index (χ0v) is 10.4. The molecule has 0 aliphatic heterocycles. The quantitative estimate of drug-likeness (QED) is 0.183. The van der Waals surface area contributed by atoms with Crippen molar-refractivity contribution in [3.05, 3.63) is 0 Å². The minimum absolute atomic E-state index is 0.00931. The summed E-state index contributed by atoms with van der Waals surface area (Å²) in [6.45, 7) is 1.23. The molecular formula is C10H21N5O3. The molecule has 8 N–H and O–H groups in total. The molecule has 0 fully saturated rings. The molecule has 0 saturated carbocycles. The largest absolute Gasteiger partial charge is 0.394 e. The first-order valence-corrected chi connectivity index (χ1v) is 5.61. The Morgan fingerprint density at radius 2 is 2.00 bits per heavy atom. The van der Waals surface area contributed by atoms with Gasteiger partial charge < -0.3 is 27.6 Å². The Balaban J connectivity index is 4.03. The van der Waals surface area contributed by atoms with Gasteiger partial charge in [-0.05, 0) is 19.8 Å². The van der Waals surface area contributed by atoms with Crippen LogP contribution in [0.1, 0.15) is 19.8 Å². The number of rotatable bonds is 8. The van der Waals surface area contributed by atoms with Gasteiger partial charge in [0.25, 0.3) is 0 Å². The number of nitrogens with two attached hydrogens (primary N) is 3. The van der Waals surface area contributed by atoms with Gasteiger partial charge >= 0.3 is 0 Å². The fourth-order valence-corrected chi connectivity index (χ4v) is 1.21. The third-order valence-corrected chi connectivity index (χ3v) is 2.29. The maximum Gasteiger partial charge on any atom is 0.237 e. The molecular weight excluding hydrogens is 238 g/mol. The van der Waals surface area contributed by atoms with Gasteiger partial charge in [-0.15, -0.1) is 0 Å². The number of amides is 1. The molecule has 0 bridgehead atoms. The van der Waals surface area contributed by atoms with Gasteiger partial charge in [-0.25, -0.2) is 0 Å². The standard InChI is InChI=1S/C10H21N5O3/c1-6(17)8(5-16)15-9(18)7(11)3-2-4-14-10(12)13/h7-8,16H,2-5,11H2,1H3,(H,15,18)(H4,12,13,14). The van der Waals surface area contributed by atoms with Gasteiger partial charge in [-0.2, -0.15) is 0 Å². The van der Waals surface area contributed by atoms with Crippen molar-refractivity contribution in [2.45, 2.75) is 31.8 Å². The zero-order chi connectivity index (χ0) is 14.1. The van der Waals surface area contributed by atoms with Gasteiger partial charge in [0, 0.05) is 6.54 Å². The van der Waals surface area contributed by atoms with Gasteiger partial charge in [0.2, 0.25) is 5.91 Å². The number of carbonyl (C=O) groups is 2. The summed E-state index contributed by atoms with van der Waals surface area (Å²) in [5, 5.41) is 11.2. The fraction of sp³-hybridized carbons (Fsp3) is 0.700. The highest BCUT2D eigenvalue weighted by Gasteiger charge is 2.19. The second-order valence-corrected chi connectivity index (χ2v) is 3.91. The van der Waals surface area contributed by atoms with Gasteiger partial charge in [-0.3, -0.25) is 14.6 Å². The van der Waals surface area contributed by atoms with Crippen molar-refractivity contribution in [3.63, 3.8) is 0 Å². The molecule has 0 aliphatic carbocycles. The molecule has 0 spiro atoms. The molecule has 0 aromatic rings. The van der Waals surface area contributed by atoms with E-state index in [1.54, 1.807) is 0 Å². The van der Waals surface area contributed by atoms with E-state index in [-0.39, 0.29) is 11.7 Å². The van der Waals surface area contributed by atoms with Gasteiger partial charge in [0.05, 0.1) is 12.6 Å². The molecule has 0 heterocycles. The third kappa shape index (κ3) is 6.81. The molecule has 0 aromatic heterocycles. The molecule has 0 radical (unpaired) electrons. The number of aliphatic imine (C=N–C) groups is 1.